The minimum atomic E-state index is -1.09. The van der Waals surface area contributed by atoms with Crippen molar-refractivity contribution < 1.29 is 4.43 Å². The fourth-order valence-electron chi connectivity index (χ4n) is 1.75. The van der Waals surface area contributed by atoms with Crippen molar-refractivity contribution in [1.29, 1.82) is 0 Å². The minimum Gasteiger partial charge on any atom is -0.417 e. The van der Waals surface area contributed by atoms with Crippen molar-refractivity contribution >= 4 is 8.32 Å². The summed E-state index contributed by atoms with van der Waals surface area (Å²) < 4.78 is 5.60. The highest BCUT2D eigenvalue weighted by Crippen LogP contribution is 2.20. The first kappa shape index (κ1) is 15.2. The molecular formula is C13H30OSi. The average molecular weight is 230 g/mol. The molecule has 0 saturated carbocycles. The lowest BCUT2D eigenvalue weighted by atomic mass is 10.2. The van der Waals surface area contributed by atoms with Gasteiger partial charge in [-0.1, -0.05) is 52.4 Å². The van der Waals surface area contributed by atoms with Crippen LogP contribution in [0.1, 0.15) is 58.8 Å². The Labute approximate surface area is 97.7 Å². The second-order valence-corrected chi connectivity index (χ2v) is 9.43. The van der Waals surface area contributed by atoms with E-state index in [1.807, 2.05) is 0 Å². The van der Waals surface area contributed by atoms with Crippen LogP contribution in [-0.4, -0.2) is 14.9 Å². The molecule has 1 rings (SSSR count). The van der Waals surface area contributed by atoms with E-state index in [0.717, 1.165) is 6.61 Å². The summed E-state index contributed by atoms with van der Waals surface area (Å²) in [6.07, 6.45) is 9.70. The third kappa shape index (κ3) is 10.5. The van der Waals surface area contributed by atoms with Crippen molar-refractivity contribution in [2.24, 2.45) is 0 Å². The molecule has 0 aromatic heterocycles. The second kappa shape index (κ2) is 9.41. The molecule has 0 aromatic carbocycles. The van der Waals surface area contributed by atoms with E-state index in [2.05, 4.69) is 26.9 Å². The van der Waals surface area contributed by atoms with Crippen LogP contribution in [0, 0.1) is 0 Å². The zero-order valence-electron chi connectivity index (χ0n) is 11.3. The Balaban J connectivity index is 0.000000265. The molecule has 0 spiro atoms. The number of rotatable bonds is 4. The van der Waals surface area contributed by atoms with Crippen LogP contribution in [0.15, 0.2) is 0 Å². The maximum Gasteiger partial charge on any atom is 0.186 e. The van der Waals surface area contributed by atoms with Gasteiger partial charge in [0.05, 0.1) is 0 Å². The van der Waals surface area contributed by atoms with Crippen molar-refractivity contribution in [3.8, 4) is 0 Å². The maximum absolute atomic E-state index is 5.60. The summed E-state index contributed by atoms with van der Waals surface area (Å²) in [5, 5.41) is 0. The Bertz CT molecular complexity index is 122. The van der Waals surface area contributed by atoms with E-state index in [1.165, 1.54) is 51.0 Å². The van der Waals surface area contributed by atoms with Crippen LogP contribution in [0.4, 0.5) is 0 Å². The predicted octanol–water partition coefficient (Wildman–Crippen LogP) is 4.98. The monoisotopic (exact) mass is 230 g/mol. The highest BCUT2D eigenvalue weighted by molar-refractivity contribution is 6.71. The molecule has 1 fully saturated rings. The lowest BCUT2D eigenvalue weighted by Gasteiger charge is -2.27. The largest absolute Gasteiger partial charge is 0.417 e. The Morgan fingerprint density at radius 1 is 0.933 bits per heavy atom. The zero-order valence-corrected chi connectivity index (χ0v) is 12.3. The number of unbranched alkanes of at least 4 members (excludes halogenated alkanes) is 4. The normalized spacial score (nSPS) is 19.2. The van der Waals surface area contributed by atoms with Crippen LogP contribution in [0.25, 0.3) is 0 Å². The fourth-order valence-corrected chi connectivity index (χ4v) is 3.69. The summed E-state index contributed by atoms with van der Waals surface area (Å²) in [7, 11) is -1.09. The van der Waals surface area contributed by atoms with Crippen molar-refractivity contribution in [2.75, 3.05) is 6.61 Å². The molecule has 0 bridgehead atoms. The van der Waals surface area contributed by atoms with Crippen LogP contribution < -0.4 is 0 Å². The van der Waals surface area contributed by atoms with E-state index in [4.69, 9.17) is 4.43 Å². The lowest BCUT2D eigenvalue weighted by Crippen LogP contribution is -2.33. The van der Waals surface area contributed by atoms with E-state index in [-0.39, 0.29) is 0 Å². The minimum absolute atomic E-state index is 1.03. The Morgan fingerprint density at radius 3 is 1.80 bits per heavy atom. The summed E-state index contributed by atoms with van der Waals surface area (Å²) in [5.74, 6) is 0. The fraction of sp³-hybridized carbons (Fsp3) is 1.00. The van der Waals surface area contributed by atoms with Gasteiger partial charge in [-0.3, -0.25) is 0 Å². The van der Waals surface area contributed by atoms with Gasteiger partial charge in [-0.25, -0.2) is 0 Å². The molecule has 2 heteroatoms. The van der Waals surface area contributed by atoms with E-state index in [0.29, 0.717) is 0 Å². The summed E-state index contributed by atoms with van der Waals surface area (Å²) in [6.45, 7) is 10.1. The van der Waals surface area contributed by atoms with Gasteiger partial charge in [-0.05, 0) is 25.6 Å². The van der Waals surface area contributed by atoms with Crippen LogP contribution in [-0.2, 0) is 4.43 Å². The van der Waals surface area contributed by atoms with E-state index in [9.17, 15) is 0 Å². The summed E-state index contributed by atoms with van der Waals surface area (Å²) in [5.41, 5.74) is 0. The lowest BCUT2D eigenvalue weighted by molar-refractivity contribution is 0.275. The quantitative estimate of drug-likeness (QED) is 0.489. The molecule has 0 N–H and O–H groups in total. The van der Waals surface area contributed by atoms with Gasteiger partial charge in [0, 0.05) is 6.61 Å². The number of hydrogen-bond acceptors (Lipinski definition) is 1. The first-order valence-corrected chi connectivity index (χ1v) is 9.88. The van der Waals surface area contributed by atoms with Gasteiger partial charge in [0.15, 0.2) is 8.32 Å². The molecular weight excluding hydrogens is 200 g/mol. The van der Waals surface area contributed by atoms with E-state index < -0.39 is 8.32 Å². The maximum atomic E-state index is 5.60. The van der Waals surface area contributed by atoms with Gasteiger partial charge in [0.1, 0.15) is 0 Å². The van der Waals surface area contributed by atoms with Gasteiger partial charge in [0.25, 0.3) is 0 Å². The second-order valence-electron chi connectivity index (χ2n) is 5.13. The Morgan fingerprint density at radius 2 is 1.53 bits per heavy atom. The zero-order chi connectivity index (χ0) is 11.6. The third-order valence-corrected chi connectivity index (χ3v) is 5.42. The molecule has 15 heavy (non-hydrogen) atoms. The molecule has 0 atom stereocenters. The molecule has 1 nitrogen and oxygen atoms in total. The molecule has 0 aliphatic carbocycles. The van der Waals surface area contributed by atoms with Gasteiger partial charge in [-0.15, -0.1) is 0 Å². The van der Waals surface area contributed by atoms with Crippen LogP contribution in [0.5, 0.6) is 0 Å². The standard InChI is InChI=1S/C7H16.C6H14OSi/c1-3-5-7-6-4-2;1-8(2)6-4-3-5-7-8/h3-7H2,1-2H3;3-6H2,1-2H3. The van der Waals surface area contributed by atoms with Crippen LogP contribution in [0.2, 0.25) is 19.1 Å². The Hall–Kier alpha value is 0.177. The smallest absolute Gasteiger partial charge is 0.186 e. The SMILES string of the molecule is CCCCCCC.C[Si]1(C)CCCCO1. The molecule has 1 aliphatic heterocycles. The molecule has 92 valence electrons. The van der Waals surface area contributed by atoms with Crippen LogP contribution in [0.3, 0.4) is 0 Å². The highest BCUT2D eigenvalue weighted by Gasteiger charge is 2.24. The molecule has 0 radical (unpaired) electrons. The van der Waals surface area contributed by atoms with E-state index >= 15 is 0 Å². The van der Waals surface area contributed by atoms with Gasteiger partial charge >= 0.3 is 0 Å². The highest BCUT2D eigenvalue weighted by atomic mass is 28.4. The van der Waals surface area contributed by atoms with Crippen molar-refractivity contribution in [3.63, 3.8) is 0 Å². The summed E-state index contributed by atoms with van der Waals surface area (Å²) in [6, 6.07) is 1.37. The third-order valence-electron chi connectivity index (χ3n) is 2.87. The number of hydrogen-bond donors (Lipinski definition) is 0. The van der Waals surface area contributed by atoms with E-state index in [1.54, 1.807) is 0 Å². The van der Waals surface area contributed by atoms with Gasteiger partial charge < -0.3 is 4.43 Å². The molecule has 1 saturated heterocycles. The van der Waals surface area contributed by atoms with Crippen LogP contribution >= 0.6 is 0 Å². The first-order chi connectivity index (χ1) is 7.12. The molecule has 1 aliphatic rings. The van der Waals surface area contributed by atoms with Crippen molar-refractivity contribution in [2.45, 2.75) is 77.9 Å². The molecule has 1 heterocycles. The predicted molar refractivity (Wildman–Crippen MR) is 71.9 cm³/mol. The molecule has 0 amide bonds. The van der Waals surface area contributed by atoms with Gasteiger partial charge in [-0.2, -0.15) is 0 Å². The molecule has 0 aromatic rings. The van der Waals surface area contributed by atoms with Crippen molar-refractivity contribution in [1.82, 2.24) is 0 Å². The average Bonchev–Trinajstić information content (AvgIpc) is 2.19. The van der Waals surface area contributed by atoms with Gasteiger partial charge in [0.2, 0.25) is 0 Å². The summed E-state index contributed by atoms with van der Waals surface area (Å²) in [4.78, 5) is 0. The topological polar surface area (TPSA) is 9.23 Å². The van der Waals surface area contributed by atoms with Crippen molar-refractivity contribution in [3.05, 3.63) is 0 Å². The summed E-state index contributed by atoms with van der Waals surface area (Å²) >= 11 is 0. The molecule has 0 unspecified atom stereocenters. The first-order valence-electron chi connectivity index (χ1n) is 6.76. The Kier molecular flexibility index (Phi) is 9.52.